The van der Waals surface area contributed by atoms with Gasteiger partial charge in [-0.1, -0.05) is 18.2 Å². The highest BCUT2D eigenvalue weighted by Crippen LogP contribution is 2.33. The van der Waals surface area contributed by atoms with E-state index in [2.05, 4.69) is 4.98 Å². The van der Waals surface area contributed by atoms with Gasteiger partial charge in [0.25, 0.3) is 10.0 Å². The van der Waals surface area contributed by atoms with Gasteiger partial charge in [-0.3, -0.25) is 9.10 Å². The second-order valence-electron chi connectivity index (χ2n) is 5.98. The van der Waals surface area contributed by atoms with E-state index in [1.54, 1.807) is 12.1 Å². The number of carbonyl (C=O) groups excluding carboxylic acids is 1. The Morgan fingerprint density at radius 3 is 2.69 bits per heavy atom. The van der Waals surface area contributed by atoms with Gasteiger partial charge in [0.2, 0.25) is 0 Å². The summed E-state index contributed by atoms with van der Waals surface area (Å²) in [5.41, 5.74) is 0.580. The first kappa shape index (κ1) is 16.3. The predicted molar refractivity (Wildman–Crippen MR) is 93.6 cm³/mol. The number of pyridine rings is 1. The second kappa shape index (κ2) is 5.70. The molecule has 0 amide bonds. The van der Waals surface area contributed by atoms with Crippen LogP contribution in [0.15, 0.2) is 58.4 Å². The Hall–Kier alpha value is -3.13. The molecule has 0 saturated carbocycles. The van der Waals surface area contributed by atoms with Gasteiger partial charge in [0.05, 0.1) is 22.1 Å². The van der Waals surface area contributed by atoms with Gasteiger partial charge in [0.15, 0.2) is 5.43 Å². The number of aromatic carboxylic acids is 1. The van der Waals surface area contributed by atoms with Crippen LogP contribution in [0.4, 0.5) is 5.69 Å². The van der Waals surface area contributed by atoms with Gasteiger partial charge in [-0.2, -0.15) is 0 Å². The van der Waals surface area contributed by atoms with Crippen molar-refractivity contribution in [2.24, 2.45) is 0 Å². The molecule has 0 fully saturated rings. The third-order valence-corrected chi connectivity index (χ3v) is 6.31. The lowest BCUT2D eigenvalue weighted by Crippen LogP contribution is -2.30. The van der Waals surface area contributed by atoms with Gasteiger partial charge in [-0.05, 0) is 36.2 Å². The minimum absolute atomic E-state index is 0.0137. The summed E-state index contributed by atoms with van der Waals surface area (Å²) in [6, 6.07) is 11.3. The predicted octanol–water partition coefficient (Wildman–Crippen LogP) is 0.643. The molecule has 1 N–H and O–H groups in total. The minimum Gasteiger partial charge on any atom is -0.545 e. The van der Waals surface area contributed by atoms with Crippen molar-refractivity contribution in [2.75, 3.05) is 10.8 Å². The molecule has 2 heterocycles. The standard InChI is InChI=1S/C18H14N2O5S/c21-17-13-9-12(5-6-15(13)19-10-14(17)18(22)23)26(24,25)20-8-7-11-3-1-2-4-16(11)20/h1-6,9-10H,7-8H2,(H,19,21)(H,22,23)/p-1. The molecule has 132 valence electrons. The van der Waals surface area contributed by atoms with Crippen molar-refractivity contribution >= 4 is 32.6 Å². The monoisotopic (exact) mass is 369 g/mol. The van der Waals surface area contributed by atoms with Gasteiger partial charge in [0.1, 0.15) is 0 Å². The molecular weight excluding hydrogens is 356 g/mol. The summed E-state index contributed by atoms with van der Waals surface area (Å²) >= 11 is 0. The molecule has 0 saturated heterocycles. The number of nitrogens with one attached hydrogen (secondary N) is 1. The van der Waals surface area contributed by atoms with Gasteiger partial charge in [0, 0.05) is 23.6 Å². The summed E-state index contributed by atoms with van der Waals surface area (Å²) in [6.07, 6.45) is 1.66. The lowest BCUT2D eigenvalue weighted by Gasteiger charge is -2.19. The maximum absolute atomic E-state index is 13.1. The van der Waals surface area contributed by atoms with E-state index in [-0.39, 0.29) is 10.3 Å². The summed E-state index contributed by atoms with van der Waals surface area (Å²) < 4.78 is 27.4. The fourth-order valence-electron chi connectivity index (χ4n) is 3.19. The maximum atomic E-state index is 13.1. The first-order valence-electron chi connectivity index (χ1n) is 7.87. The molecule has 2 aromatic carbocycles. The average molecular weight is 369 g/mol. The molecule has 4 rings (SSSR count). The van der Waals surface area contributed by atoms with Crippen molar-refractivity contribution in [2.45, 2.75) is 11.3 Å². The quantitative estimate of drug-likeness (QED) is 0.729. The average Bonchev–Trinajstić information content (AvgIpc) is 3.06. The number of hydrogen-bond acceptors (Lipinski definition) is 5. The summed E-state index contributed by atoms with van der Waals surface area (Å²) in [4.78, 5) is 26.0. The Morgan fingerprint density at radius 1 is 1.15 bits per heavy atom. The number of sulfonamides is 1. The van der Waals surface area contributed by atoms with E-state index in [1.165, 1.54) is 22.5 Å². The smallest absolute Gasteiger partial charge is 0.264 e. The first-order chi connectivity index (χ1) is 12.4. The fourth-order valence-corrected chi connectivity index (χ4v) is 4.72. The van der Waals surface area contributed by atoms with Crippen LogP contribution in [-0.4, -0.2) is 25.9 Å². The van der Waals surface area contributed by atoms with E-state index in [4.69, 9.17) is 0 Å². The number of carboxylic acid groups (broad SMARTS) is 1. The topological polar surface area (TPSA) is 110 Å². The Bertz CT molecular complexity index is 1210. The number of aromatic nitrogens is 1. The number of hydrogen-bond donors (Lipinski definition) is 1. The molecular formula is C18H13N2O5S-. The van der Waals surface area contributed by atoms with E-state index in [0.29, 0.717) is 24.2 Å². The van der Waals surface area contributed by atoms with Crippen molar-refractivity contribution in [1.82, 2.24) is 4.98 Å². The highest BCUT2D eigenvalue weighted by atomic mass is 32.2. The van der Waals surface area contributed by atoms with E-state index < -0.39 is 27.0 Å². The number of fused-ring (bicyclic) bond motifs is 2. The number of aromatic amines is 1. The summed E-state index contributed by atoms with van der Waals surface area (Å²) in [5, 5.41) is 11.0. The summed E-state index contributed by atoms with van der Waals surface area (Å²) in [6.45, 7) is 0.315. The Morgan fingerprint density at radius 2 is 1.92 bits per heavy atom. The third-order valence-electron chi connectivity index (χ3n) is 4.50. The molecule has 8 heteroatoms. The van der Waals surface area contributed by atoms with Crippen LogP contribution in [0.2, 0.25) is 0 Å². The molecule has 1 aliphatic rings. The van der Waals surface area contributed by atoms with Crippen LogP contribution in [0.1, 0.15) is 15.9 Å². The number of benzene rings is 2. The molecule has 7 nitrogen and oxygen atoms in total. The lowest BCUT2D eigenvalue weighted by atomic mass is 10.1. The van der Waals surface area contributed by atoms with Crippen molar-refractivity contribution in [1.29, 1.82) is 0 Å². The second-order valence-corrected chi connectivity index (χ2v) is 7.84. The number of H-pyrrole nitrogens is 1. The van der Waals surface area contributed by atoms with E-state index in [0.717, 1.165) is 11.8 Å². The van der Waals surface area contributed by atoms with Crippen LogP contribution < -0.4 is 14.8 Å². The molecule has 1 aliphatic heterocycles. The molecule has 0 bridgehead atoms. The fraction of sp³-hybridized carbons (Fsp3) is 0.111. The zero-order valence-corrected chi connectivity index (χ0v) is 14.2. The van der Waals surface area contributed by atoms with Crippen LogP contribution in [0.5, 0.6) is 0 Å². The molecule has 1 aromatic heterocycles. The zero-order chi connectivity index (χ0) is 18.5. The Balaban J connectivity index is 1.88. The third kappa shape index (κ3) is 2.38. The summed E-state index contributed by atoms with van der Waals surface area (Å²) in [7, 11) is -3.88. The van der Waals surface area contributed by atoms with Crippen LogP contribution in [0, 0.1) is 0 Å². The number of nitrogens with zero attached hydrogens (tertiary/aromatic N) is 1. The molecule has 0 atom stereocenters. The molecule has 3 aromatic rings. The summed E-state index contributed by atoms with van der Waals surface area (Å²) in [5.74, 6) is -1.62. The van der Waals surface area contributed by atoms with Gasteiger partial charge >= 0.3 is 0 Å². The van der Waals surface area contributed by atoms with Crippen LogP contribution in [0.3, 0.4) is 0 Å². The Labute approximate surface area is 148 Å². The molecule has 0 aliphatic carbocycles. The van der Waals surface area contributed by atoms with Crippen molar-refractivity contribution in [3.63, 3.8) is 0 Å². The van der Waals surface area contributed by atoms with E-state index in [1.807, 2.05) is 12.1 Å². The lowest BCUT2D eigenvalue weighted by molar-refractivity contribution is -0.255. The van der Waals surface area contributed by atoms with Gasteiger partial charge in [-0.15, -0.1) is 0 Å². The first-order valence-corrected chi connectivity index (χ1v) is 9.31. The van der Waals surface area contributed by atoms with Crippen LogP contribution >= 0.6 is 0 Å². The number of rotatable bonds is 3. The van der Waals surface area contributed by atoms with Gasteiger partial charge in [-0.25, -0.2) is 8.42 Å². The zero-order valence-electron chi connectivity index (χ0n) is 13.4. The number of carboxylic acids is 1. The highest BCUT2D eigenvalue weighted by molar-refractivity contribution is 7.92. The highest BCUT2D eigenvalue weighted by Gasteiger charge is 2.30. The Kier molecular flexibility index (Phi) is 3.58. The van der Waals surface area contributed by atoms with Crippen LogP contribution in [-0.2, 0) is 16.4 Å². The molecule has 26 heavy (non-hydrogen) atoms. The minimum atomic E-state index is -3.88. The number of anilines is 1. The largest absolute Gasteiger partial charge is 0.545 e. The van der Waals surface area contributed by atoms with E-state index in [9.17, 15) is 23.1 Å². The molecule has 0 radical (unpaired) electrons. The van der Waals surface area contributed by atoms with Crippen molar-refractivity contribution in [3.8, 4) is 0 Å². The molecule has 0 spiro atoms. The molecule has 0 unspecified atom stereocenters. The van der Waals surface area contributed by atoms with Crippen LogP contribution in [0.25, 0.3) is 10.9 Å². The van der Waals surface area contributed by atoms with Crippen molar-refractivity contribution in [3.05, 3.63) is 70.0 Å². The van der Waals surface area contributed by atoms with Gasteiger partial charge < -0.3 is 14.9 Å². The van der Waals surface area contributed by atoms with E-state index >= 15 is 0 Å². The number of para-hydroxylation sites is 1. The van der Waals surface area contributed by atoms with Crippen molar-refractivity contribution < 1.29 is 18.3 Å². The normalized spacial score (nSPS) is 13.8. The SMILES string of the molecule is O=C([O-])c1c[nH]c2ccc(S(=O)(=O)N3CCc4ccccc43)cc2c1=O. The maximum Gasteiger partial charge on any atom is 0.264 e. The number of carbonyl (C=O) groups is 1.